The molecule has 0 fully saturated rings. The van der Waals surface area contributed by atoms with Gasteiger partial charge in [-0.05, 0) is 42.3 Å². The summed E-state index contributed by atoms with van der Waals surface area (Å²) in [5.41, 5.74) is 8.40. The van der Waals surface area contributed by atoms with Gasteiger partial charge in [0, 0.05) is 69.0 Å². The van der Waals surface area contributed by atoms with Gasteiger partial charge in [0.05, 0.1) is 21.4 Å². The van der Waals surface area contributed by atoms with Crippen LogP contribution in [0.2, 0.25) is 0 Å². The van der Waals surface area contributed by atoms with Crippen molar-refractivity contribution in [3.8, 4) is 16.8 Å². The van der Waals surface area contributed by atoms with E-state index in [0.29, 0.717) is 0 Å². The van der Waals surface area contributed by atoms with Gasteiger partial charge >= 0.3 is 0 Å². The summed E-state index contributed by atoms with van der Waals surface area (Å²) in [5, 5.41) is 11.4. The van der Waals surface area contributed by atoms with Crippen LogP contribution < -0.4 is 5.32 Å². The smallest absolute Gasteiger partial charge is 0.159 e. The molecule has 2 atom stereocenters. The van der Waals surface area contributed by atoms with E-state index < -0.39 is 0 Å². The molecule has 3 aromatic heterocycles. The monoisotopic (exact) mass is 766 g/mol. The van der Waals surface area contributed by atoms with E-state index in [9.17, 15) is 0 Å². The van der Waals surface area contributed by atoms with Crippen LogP contribution >= 0.6 is 22.7 Å². The highest BCUT2D eigenvalue weighted by Crippen LogP contribution is 2.47. The standard InChI is InChI=1S/C51H34N4S2/c1-3-14-31(15-4-1)49-52-50(32-16-5-2-6-17-32)54-51(53-49)33-28-29-45-41(30-33)40-23-12-20-36(46(40)56-45)37-21-11-22-38-39-24-13-27-44(48(39)57-47(37)38)55-42-25-9-7-18-34(42)35-19-8-10-26-43(35)55/h1-16,18-30,32,51H,17H2,(H,52,53,54). The van der Waals surface area contributed by atoms with E-state index in [1.165, 1.54) is 79.0 Å². The molecule has 4 nitrogen and oxygen atoms in total. The Morgan fingerprint density at radius 1 is 0.561 bits per heavy atom. The lowest BCUT2D eigenvalue weighted by molar-refractivity contribution is 0.643. The molecule has 10 aromatic rings. The number of hydrogen-bond acceptors (Lipinski definition) is 5. The molecule has 2 aliphatic rings. The summed E-state index contributed by atoms with van der Waals surface area (Å²) >= 11 is 3.79. The van der Waals surface area contributed by atoms with Crippen LogP contribution in [0.3, 0.4) is 0 Å². The predicted octanol–water partition coefficient (Wildman–Crippen LogP) is 13.8. The number of amidine groups is 2. The number of aliphatic imine (C=N–C) groups is 2. The zero-order valence-electron chi connectivity index (χ0n) is 30.8. The Bertz CT molecular complexity index is 3320. The summed E-state index contributed by atoms with van der Waals surface area (Å²) in [6.45, 7) is 0. The fourth-order valence-electron chi connectivity index (χ4n) is 8.90. The van der Waals surface area contributed by atoms with E-state index in [1.54, 1.807) is 0 Å². The Balaban J connectivity index is 0.994. The maximum absolute atomic E-state index is 5.20. The SMILES string of the molecule is C1=CCC(C2=NC(c3ccccc3)=NC(c3ccc4sc5c(-c6cccc7c6sc6c(-n8c9ccccc9c9ccccc98)cccc67)cccc5c4c3)N2)C=C1. The van der Waals surface area contributed by atoms with Crippen LogP contribution in [0.1, 0.15) is 23.7 Å². The van der Waals surface area contributed by atoms with E-state index >= 15 is 0 Å². The lowest BCUT2D eigenvalue weighted by atomic mass is 9.97. The first-order valence-corrected chi connectivity index (χ1v) is 21.1. The number of allylic oxidation sites excluding steroid dienone is 3. The van der Waals surface area contributed by atoms with Gasteiger partial charge in [0.25, 0.3) is 0 Å². The average molecular weight is 767 g/mol. The second-order valence-electron chi connectivity index (χ2n) is 14.9. The van der Waals surface area contributed by atoms with Crippen LogP contribution in [-0.2, 0) is 0 Å². The molecule has 6 heteroatoms. The Morgan fingerprint density at radius 2 is 1.21 bits per heavy atom. The van der Waals surface area contributed by atoms with Gasteiger partial charge in [-0.15, -0.1) is 22.7 Å². The summed E-state index contributed by atoms with van der Waals surface area (Å²) in [4.78, 5) is 10.3. The fourth-order valence-corrected chi connectivity index (χ4v) is 11.4. The maximum atomic E-state index is 5.20. The van der Waals surface area contributed by atoms with Crippen molar-refractivity contribution in [2.45, 2.75) is 12.6 Å². The third-order valence-corrected chi connectivity index (χ3v) is 14.1. The normalized spacial score (nSPS) is 16.9. The first-order valence-electron chi connectivity index (χ1n) is 19.5. The van der Waals surface area contributed by atoms with E-state index in [-0.39, 0.29) is 12.1 Å². The van der Waals surface area contributed by atoms with Crippen molar-refractivity contribution < 1.29 is 0 Å². The predicted molar refractivity (Wildman–Crippen MR) is 245 cm³/mol. The topological polar surface area (TPSA) is 41.7 Å². The molecule has 0 saturated heterocycles. The third kappa shape index (κ3) is 5.18. The Hall–Kier alpha value is -6.60. The molecule has 0 bridgehead atoms. The zero-order valence-corrected chi connectivity index (χ0v) is 32.4. The van der Waals surface area contributed by atoms with Gasteiger partial charge in [-0.1, -0.05) is 146 Å². The first-order chi connectivity index (χ1) is 28.3. The molecule has 0 spiro atoms. The molecule has 57 heavy (non-hydrogen) atoms. The van der Waals surface area contributed by atoms with Gasteiger partial charge in [0.15, 0.2) is 5.84 Å². The lowest BCUT2D eigenvalue weighted by Gasteiger charge is -2.27. The lowest BCUT2D eigenvalue weighted by Crippen LogP contribution is -2.37. The van der Waals surface area contributed by atoms with Gasteiger partial charge in [-0.2, -0.15) is 0 Å². The molecule has 1 aliphatic carbocycles. The number of aromatic nitrogens is 1. The van der Waals surface area contributed by atoms with E-state index in [1.807, 2.05) is 28.7 Å². The van der Waals surface area contributed by atoms with Gasteiger partial charge in [0.1, 0.15) is 12.0 Å². The number of fused-ring (bicyclic) bond motifs is 9. The number of benzene rings is 7. The third-order valence-electron chi connectivity index (χ3n) is 11.6. The van der Waals surface area contributed by atoms with E-state index in [0.717, 1.165) is 29.2 Å². The van der Waals surface area contributed by atoms with E-state index in [4.69, 9.17) is 9.98 Å². The van der Waals surface area contributed by atoms with Gasteiger partial charge < -0.3 is 9.88 Å². The first kappa shape index (κ1) is 32.6. The summed E-state index contributed by atoms with van der Waals surface area (Å²) in [6.07, 6.45) is 9.35. The highest BCUT2D eigenvalue weighted by molar-refractivity contribution is 7.27. The maximum Gasteiger partial charge on any atom is 0.159 e. The number of rotatable bonds is 5. The average Bonchev–Trinajstić information content (AvgIpc) is 3.96. The van der Waals surface area contributed by atoms with Crippen molar-refractivity contribution in [3.05, 3.63) is 187 Å². The van der Waals surface area contributed by atoms with Crippen molar-refractivity contribution in [1.29, 1.82) is 0 Å². The number of nitrogens with zero attached hydrogens (tertiary/aromatic N) is 3. The van der Waals surface area contributed by atoms with Gasteiger partial charge in [-0.3, -0.25) is 0 Å². The van der Waals surface area contributed by atoms with Crippen molar-refractivity contribution in [3.63, 3.8) is 0 Å². The molecule has 4 heterocycles. The van der Waals surface area contributed by atoms with Gasteiger partial charge in [0.2, 0.25) is 0 Å². The Morgan fingerprint density at radius 3 is 1.95 bits per heavy atom. The molecule has 2 unspecified atom stereocenters. The molecule has 1 aliphatic heterocycles. The van der Waals surface area contributed by atoms with Crippen LogP contribution in [0.25, 0.3) is 79.0 Å². The molecule has 270 valence electrons. The number of para-hydroxylation sites is 2. The minimum absolute atomic E-state index is 0.189. The summed E-state index contributed by atoms with van der Waals surface area (Å²) in [6, 6.07) is 55.2. The number of nitrogens with one attached hydrogen (secondary N) is 1. The van der Waals surface area contributed by atoms with Crippen molar-refractivity contribution in [1.82, 2.24) is 9.88 Å². The van der Waals surface area contributed by atoms with Crippen LogP contribution in [0.5, 0.6) is 0 Å². The summed E-state index contributed by atoms with van der Waals surface area (Å²) in [5.74, 6) is 1.92. The van der Waals surface area contributed by atoms with E-state index in [2.05, 4.69) is 180 Å². The molecule has 0 radical (unpaired) electrons. The van der Waals surface area contributed by atoms with Crippen LogP contribution in [-0.4, -0.2) is 16.2 Å². The minimum Gasteiger partial charge on any atom is -0.348 e. The molecule has 0 saturated carbocycles. The molecule has 0 amide bonds. The second kappa shape index (κ2) is 13.0. The highest BCUT2D eigenvalue weighted by Gasteiger charge is 2.25. The highest BCUT2D eigenvalue weighted by atomic mass is 32.1. The molecule has 7 aromatic carbocycles. The quantitative estimate of drug-likeness (QED) is 0.186. The number of hydrogen-bond donors (Lipinski definition) is 1. The van der Waals surface area contributed by atoms with Crippen molar-refractivity contribution in [2.75, 3.05) is 0 Å². The Kier molecular flexibility index (Phi) is 7.43. The number of thiophene rings is 2. The molecular weight excluding hydrogens is 733 g/mol. The van der Waals surface area contributed by atoms with Crippen molar-refractivity contribution >= 4 is 96.5 Å². The molecule has 1 N–H and O–H groups in total. The fraction of sp³-hybridized carbons (Fsp3) is 0.0588. The molecular formula is C51H34N4S2. The second-order valence-corrected chi connectivity index (χ2v) is 16.9. The van der Waals surface area contributed by atoms with Gasteiger partial charge in [-0.25, -0.2) is 9.98 Å². The van der Waals surface area contributed by atoms with Crippen LogP contribution in [0.15, 0.2) is 186 Å². The Labute approximate surface area is 337 Å². The summed E-state index contributed by atoms with van der Waals surface area (Å²) < 4.78 is 7.66. The zero-order chi connectivity index (χ0) is 37.5. The minimum atomic E-state index is -0.245. The van der Waals surface area contributed by atoms with Crippen molar-refractivity contribution in [2.24, 2.45) is 15.9 Å². The summed E-state index contributed by atoms with van der Waals surface area (Å²) in [7, 11) is 0. The largest absolute Gasteiger partial charge is 0.348 e. The molecule has 12 rings (SSSR count). The van der Waals surface area contributed by atoms with Crippen LogP contribution in [0.4, 0.5) is 0 Å². The van der Waals surface area contributed by atoms with Crippen LogP contribution in [0, 0.1) is 5.92 Å².